The van der Waals surface area contributed by atoms with Gasteiger partial charge in [0.05, 0.1) is 26.0 Å². The summed E-state index contributed by atoms with van der Waals surface area (Å²) in [6, 6.07) is 13.7. The van der Waals surface area contributed by atoms with Crippen molar-refractivity contribution in [1.82, 2.24) is 19.4 Å². The SMILES string of the molecule is CC(C(=O)NCCN1CCOCC1)N(Cc1ccc(F)cc1)C(=O)CN(Cc1ccccc1)S(C)(=O)=O. The van der Waals surface area contributed by atoms with Crippen molar-refractivity contribution in [2.75, 3.05) is 52.2 Å². The summed E-state index contributed by atoms with van der Waals surface area (Å²) in [6.45, 7) is 5.20. The first-order valence-electron chi connectivity index (χ1n) is 12.2. The molecule has 1 aliphatic rings. The first-order valence-corrected chi connectivity index (χ1v) is 14.1. The molecule has 202 valence electrons. The molecule has 0 aliphatic carbocycles. The normalized spacial score (nSPS) is 15.4. The van der Waals surface area contributed by atoms with Crippen LogP contribution in [-0.2, 0) is 37.4 Å². The lowest BCUT2D eigenvalue weighted by Gasteiger charge is -2.31. The van der Waals surface area contributed by atoms with Gasteiger partial charge in [-0.2, -0.15) is 4.31 Å². The molecular weight excluding hydrogens is 499 g/mol. The van der Waals surface area contributed by atoms with E-state index in [0.717, 1.165) is 29.2 Å². The van der Waals surface area contributed by atoms with Gasteiger partial charge in [0.2, 0.25) is 21.8 Å². The van der Waals surface area contributed by atoms with E-state index in [4.69, 9.17) is 4.74 Å². The van der Waals surface area contributed by atoms with Crippen LogP contribution in [0.2, 0.25) is 0 Å². The summed E-state index contributed by atoms with van der Waals surface area (Å²) < 4.78 is 44.9. The first-order chi connectivity index (χ1) is 17.6. The van der Waals surface area contributed by atoms with E-state index < -0.39 is 34.3 Å². The van der Waals surface area contributed by atoms with Gasteiger partial charge in [-0.25, -0.2) is 12.8 Å². The number of morpholine rings is 1. The first kappa shape index (κ1) is 28.7. The molecule has 0 radical (unpaired) electrons. The Morgan fingerprint density at radius 3 is 2.27 bits per heavy atom. The molecule has 1 aliphatic heterocycles. The fourth-order valence-corrected chi connectivity index (χ4v) is 4.73. The number of carbonyl (C=O) groups is 2. The highest BCUT2D eigenvalue weighted by Gasteiger charge is 2.30. The number of hydrogen-bond donors (Lipinski definition) is 1. The number of nitrogens with one attached hydrogen (secondary N) is 1. The van der Waals surface area contributed by atoms with Crippen LogP contribution in [0.4, 0.5) is 4.39 Å². The highest BCUT2D eigenvalue weighted by molar-refractivity contribution is 7.88. The molecule has 0 aromatic heterocycles. The molecule has 1 saturated heterocycles. The van der Waals surface area contributed by atoms with E-state index in [1.54, 1.807) is 31.2 Å². The Balaban J connectivity index is 1.72. The third-order valence-corrected chi connectivity index (χ3v) is 7.44. The van der Waals surface area contributed by atoms with Gasteiger partial charge in [0, 0.05) is 39.3 Å². The summed E-state index contributed by atoms with van der Waals surface area (Å²) in [5.74, 6) is -1.29. The second-order valence-corrected chi connectivity index (χ2v) is 11.1. The number of hydrogen-bond acceptors (Lipinski definition) is 6. The van der Waals surface area contributed by atoms with Crippen LogP contribution in [0.3, 0.4) is 0 Å². The Morgan fingerprint density at radius 1 is 1.03 bits per heavy atom. The van der Waals surface area contributed by atoms with Gasteiger partial charge in [-0.15, -0.1) is 0 Å². The highest BCUT2D eigenvalue weighted by atomic mass is 32.2. The zero-order chi connectivity index (χ0) is 26.8. The Hall–Kier alpha value is -2.86. The van der Waals surface area contributed by atoms with E-state index >= 15 is 0 Å². The van der Waals surface area contributed by atoms with Gasteiger partial charge >= 0.3 is 0 Å². The molecule has 2 aromatic rings. The maximum atomic E-state index is 13.5. The topological polar surface area (TPSA) is 99.3 Å². The van der Waals surface area contributed by atoms with Crippen molar-refractivity contribution >= 4 is 21.8 Å². The quantitative estimate of drug-likeness (QED) is 0.443. The predicted molar refractivity (Wildman–Crippen MR) is 138 cm³/mol. The Morgan fingerprint density at radius 2 is 1.65 bits per heavy atom. The number of sulfonamides is 1. The fraction of sp³-hybridized carbons (Fsp3) is 0.462. The van der Waals surface area contributed by atoms with Crippen molar-refractivity contribution in [1.29, 1.82) is 0 Å². The predicted octanol–water partition coefficient (Wildman–Crippen LogP) is 1.45. The van der Waals surface area contributed by atoms with Gasteiger partial charge in [-0.05, 0) is 30.2 Å². The van der Waals surface area contributed by atoms with E-state index in [0.29, 0.717) is 31.9 Å². The minimum Gasteiger partial charge on any atom is -0.379 e. The summed E-state index contributed by atoms with van der Waals surface area (Å²) in [6.07, 6.45) is 1.05. The van der Waals surface area contributed by atoms with Crippen LogP contribution >= 0.6 is 0 Å². The number of benzene rings is 2. The van der Waals surface area contributed by atoms with Crippen LogP contribution in [0.25, 0.3) is 0 Å². The molecule has 1 atom stereocenters. The van der Waals surface area contributed by atoms with Gasteiger partial charge < -0.3 is 15.0 Å². The number of nitrogens with zero attached hydrogens (tertiary/aromatic N) is 3. The molecule has 3 rings (SSSR count). The maximum absolute atomic E-state index is 13.5. The summed E-state index contributed by atoms with van der Waals surface area (Å²) in [5.41, 5.74) is 1.36. The molecule has 1 N–H and O–H groups in total. The average molecular weight is 535 g/mol. The van der Waals surface area contributed by atoms with Gasteiger partial charge in [0.15, 0.2) is 0 Å². The highest BCUT2D eigenvalue weighted by Crippen LogP contribution is 2.14. The third-order valence-electron chi connectivity index (χ3n) is 6.25. The lowest BCUT2D eigenvalue weighted by atomic mass is 10.1. The molecule has 11 heteroatoms. The fourth-order valence-electron chi connectivity index (χ4n) is 4.00. The van der Waals surface area contributed by atoms with Gasteiger partial charge in [0.25, 0.3) is 0 Å². The molecule has 9 nitrogen and oxygen atoms in total. The van der Waals surface area contributed by atoms with Crippen molar-refractivity contribution in [3.05, 3.63) is 71.5 Å². The standard InChI is InChI=1S/C26H35FN4O5S/c1-21(26(33)28-12-13-29-14-16-36-17-15-29)31(19-23-8-10-24(27)11-9-23)25(32)20-30(37(2,34)35)18-22-6-4-3-5-7-22/h3-11,21H,12-20H2,1-2H3,(H,28,33). The van der Waals surface area contributed by atoms with Crippen LogP contribution in [0, 0.1) is 5.82 Å². The number of rotatable bonds is 12. The molecule has 0 spiro atoms. The molecule has 1 heterocycles. The molecule has 37 heavy (non-hydrogen) atoms. The zero-order valence-electron chi connectivity index (χ0n) is 21.3. The van der Waals surface area contributed by atoms with Crippen molar-refractivity contribution in [2.45, 2.75) is 26.1 Å². The van der Waals surface area contributed by atoms with Crippen LogP contribution in [0.1, 0.15) is 18.1 Å². The van der Waals surface area contributed by atoms with Crippen molar-refractivity contribution in [3.8, 4) is 0 Å². The smallest absolute Gasteiger partial charge is 0.242 e. The van der Waals surface area contributed by atoms with Crippen molar-refractivity contribution in [2.24, 2.45) is 0 Å². The third kappa shape index (κ3) is 9.19. The zero-order valence-corrected chi connectivity index (χ0v) is 22.1. The maximum Gasteiger partial charge on any atom is 0.242 e. The summed E-state index contributed by atoms with van der Waals surface area (Å²) in [5, 5.41) is 2.88. The second kappa shape index (κ2) is 13.6. The van der Waals surface area contributed by atoms with E-state index in [1.165, 1.54) is 29.2 Å². The number of carbonyl (C=O) groups excluding carboxylic acids is 2. The van der Waals surface area contributed by atoms with Gasteiger partial charge in [-0.3, -0.25) is 14.5 Å². The van der Waals surface area contributed by atoms with Crippen molar-refractivity contribution < 1.29 is 27.1 Å². The Bertz CT molecular complexity index is 1130. The van der Waals surface area contributed by atoms with Crippen LogP contribution < -0.4 is 5.32 Å². The molecule has 2 amide bonds. The Labute approximate surface area is 218 Å². The number of amides is 2. The largest absolute Gasteiger partial charge is 0.379 e. The van der Waals surface area contributed by atoms with Crippen LogP contribution in [0.5, 0.6) is 0 Å². The van der Waals surface area contributed by atoms with Gasteiger partial charge in [0.1, 0.15) is 11.9 Å². The van der Waals surface area contributed by atoms with E-state index in [2.05, 4.69) is 10.2 Å². The minimum atomic E-state index is -3.72. The van der Waals surface area contributed by atoms with E-state index in [9.17, 15) is 22.4 Å². The summed E-state index contributed by atoms with van der Waals surface area (Å²) >= 11 is 0. The summed E-state index contributed by atoms with van der Waals surface area (Å²) in [7, 11) is -3.72. The molecule has 2 aromatic carbocycles. The van der Waals surface area contributed by atoms with Crippen molar-refractivity contribution in [3.63, 3.8) is 0 Å². The summed E-state index contributed by atoms with van der Waals surface area (Å²) in [4.78, 5) is 30.0. The minimum absolute atomic E-state index is 0.0237. The lowest BCUT2D eigenvalue weighted by Crippen LogP contribution is -2.52. The van der Waals surface area contributed by atoms with Crippen LogP contribution in [-0.4, -0.2) is 92.6 Å². The second-order valence-electron chi connectivity index (χ2n) is 9.09. The molecule has 0 bridgehead atoms. The molecule has 0 saturated carbocycles. The number of ether oxygens (including phenoxy) is 1. The van der Waals surface area contributed by atoms with Gasteiger partial charge in [-0.1, -0.05) is 42.5 Å². The Kier molecular flexibility index (Phi) is 10.6. The molecular formula is C26H35FN4O5S. The van der Waals surface area contributed by atoms with E-state index in [1.807, 2.05) is 6.07 Å². The lowest BCUT2D eigenvalue weighted by molar-refractivity contribution is -0.140. The van der Waals surface area contributed by atoms with Crippen LogP contribution in [0.15, 0.2) is 54.6 Å². The number of halogens is 1. The monoisotopic (exact) mass is 534 g/mol. The van der Waals surface area contributed by atoms with E-state index in [-0.39, 0.29) is 19.0 Å². The average Bonchev–Trinajstić information content (AvgIpc) is 2.88. The molecule has 1 fully saturated rings. The molecule has 1 unspecified atom stereocenters.